The number of rotatable bonds is 4. The van der Waals surface area contributed by atoms with Gasteiger partial charge in [-0.15, -0.1) is 0 Å². The summed E-state index contributed by atoms with van der Waals surface area (Å²) in [6, 6.07) is 2.79. The first-order valence-corrected chi connectivity index (χ1v) is 7.14. The number of hydrogen-bond acceptors (Lipinski definition) is 3. The van der Waals surface area contributed by atoms with Crippen LogP contribution in [-0.4, -0.2) is 31.6 Å². The molecule has 3 heteroatoms. The van der Waals surface area contributed by atoms with Crippen LogP contribution in [-0.2, 0) is 0 Å². The summed E-state index contributed by atoms with van der Waals surface area (Å²) in [6.07, 6.45) is 2.72. The number of piperidine rings is 1. The molecule has 0 radical (unpaired) electrons. The van der Waals surface area contributed by atoms with Gasteiger partial charge in [0.1, 0.15) is 0 Å². The van der Waals surface area contributed by atoms with Crippen molar-refractivity contribution in [1.82, 2.24) is 10.2 Å². The lowest BCUT2D eigenvalue weighted by atomic mass is 9.98. The monoisotopic (exact) mass is 238 g/mol. The van der Waals surface area contributed by atoms with Crippen molar-refractivity contribution >= 4 is 11.3 Å². The van der Waals surface area contributed by atoms with E-state index in [2.05, 4.69) is 41.0 Å². The third-order valence-electron chi connectivity index (χ3n) is 3.63. The zero-order valence-corrected chi connectivity index (χ0v) is 11.1. The van der Waals surface area contributed by atoms with E-state index in [0.717, 1.165) is 5.92 Å². The normalized spacial score (nSPS) is 23.6. The van der Waals surface area contributed by atoms with E-state index in [-0.39, 0.29) is 0 Å². The summed E-state index contributed by atoms with van der Waals surface area (Å²) in [7, 11) is 2.25. The quantitative estimate of drug-likeness (QED) is 0.867. The molecule has 1 aliphatic rings. The first-order chi connectivity index (χ1) is 7.77. The Bertz CT molecular complexity index is 291. The smallest absolute Gasteiger partial charge is 0.0325 e. The molecular formula is C13H22N2S. The molecule has 0 saturated carbocycles. The minimum absolute atomic E-state index is 0.549. The maximum Gasteiger partial charge on any atom is 0.0325 e. The van der Waals surface area contributed by atoms with Gasteiger partial charge in [0, 0.05) is 12.6 Å². The van der Waals surface area contributed by atoms with Crippen molar-refractivity contribution in [1.29, 1.82) is 0 Å². The van der Waals surface area contributed by atoms with Crippen molar-refractivity contribution in [3.63, 3.8) is 0 Å². The fourth-order valence-electron chi connectivity index (χ4n) is 2.41. The Balaban J connectivity index is 1.84. The molecular weight excluding hydrogens is 216 g/mol. The first kappa shape index (κ1) is 12.1. The van der Waals surface area contributed by atoms with Gasteiger partial charge in [-0.3, -0.25) is 4.90 Å². The summed E-state index contributed by atoms with van der Waals surface area (Å²) in [5.74, 6) is 0.833. The Hall–Kier alpha value is -0.380. The van der Waals surface area contributed by atoms with Crippen molar-refractivity contribution in [3.05, 3.63) is 22.4 Å². The highest BCUT2D eigenvalue weighted by molar-refractivity contribution is 7.07. The second kappa shape index (κ2) is 5.80. The molecule has 1 aliphatic heterocycles. The Morgan fingerprint density at radius 1 is 1.62 bits per heavy atom. The van der Waals surface area contributed by atoms with E-state index >= 15 is 0 Å². The molecule has 1 aromatic rings. The molecule has 90 valence electrons. The van der Waals surface area contributed by atoms with E-state index in [1.807, 2.05) is 0 Å². The van der Waals surface area contributed by atoms with Crippen LogP contribution >= 0.6 is 11.3 Å². The van der Waals surface area contributed by atoms with Gasteiger partial charge < -0.3 is 5.32 Å². The van der Waals surface area contributed by atoms with Gasteiger partial charge in [0.25, 0.3) is 0 Å². The lowest BCUT2D eigenvalue weighted by Gasteiger charge is -2.31. The Morgan fingerprint density at radius 2 is 2.50 bits per heavy atom. The maximum atomic E-state index is 3.49. The Labute approximate surface area is 103 Å². The largest absolute Gasteiger partial charge is 0.316 e. The molecule has 2 atom stereocenters. The van der Waals surface area contributed by atoms with Crippen LogP contribution in [0.1, 0.15) is 31.4 Å². The molecule has 0 spiro atoms. The molecule has 0 amide bonds. The van der Waals surface area contributed by atoms with Crippen LogP contribution in [0.5, 0.6) is 0 Å². The standard InChI is InChI=1S/C13H22N2S/c1-11(13-5-7-16-10-13)15(2)9-12-4-3-6-14-8-12/h5,7,10-12,14H,3-4,6,8-9H2,1-2H3. The summed E-state index contributed by atoms with van der Waals surface area (Å²) in [5, 5.41) is 7.92. The van der Waals surface area contributed by atoms with E-state index in [1.54, 1.807) is 11.3 Å². The average molecular weight is 238 g/mol. The molecule has 2 nitrogen and oxygen atoms in total. The van der Waals surface area contributed by atoms with Gasteiger partial charge in [0.2, 0.25) is 0 Å². The SMILES string of the molecule is CC(c1ccsc1)N(C)CC1CCCNC1. The fraction of sp³-hybridized carbons (Fsp3) is 0.692. The van der Waals surface area contributed by atoms with E-state index in [0.29, 0.717) is 6.04 Å². The van der Waals surface area contributed by atoms with Crippen molar-refractivity contribution < 1.29 is 0 Å². The molecule has 1 N–H and O–H groups in total. The third-order valence-corrected chi connectivity index (χ3v) is 4.33. The lowest BCUT2D eigenvalue weighted by molar-refractivity contribution is 0.199. The Kier molecular flexibility index (Phi) is 4.38. The van der Waals surface area contributed by atoms with Gasteiger partial charge in [-0.1, -0.05) is 0 Å². The van der Waals surface area contributed by atoms with Crippen LogP contribution in [0.4, 0.5) is 0 Å². The Morgan fingerprint density at radius 3 is 3.12 bits per heavy atom. The van der Waals surface area contributed by atoms with E-state index in [4.69, 9.17) is 0 Å². The highest BCUT2D eigenvalue weighted by atomic mass is 32.1. The average Bonchev–Trinajstić information content (AvgIpc) is 2.83. The highest BCUT2D eigenvalue weighted by Crippen LogP contribution is 2.23. The fourth-order valence-corrected chi connectivity index (χ4v) is 3.16. The zero-order valence-electron chi connectivity index (χ0n) is 10.3. The van der Waals surface area contributed by atoms with E-state index in [1.165, 1.54) is 38.0 Å². The third kappa shape index (κ3) is 3.06. The molecule has 2 unspecified atom stereocenters. The molecule has 0 aromatic carbocycles. The summed E-state index contributed by atoms with van der Waals surface area (Å²) in [6.45, 7) is 5.92. The topological polar surface area (TPSA) is 15.3 Å². The molecule has 0 bridgehead atoms. The molecule has 1 saturated heterocycles. The van der Waals surface area contributed by atoms with Crippen molar-refractivity contribution in [2.45, 2.75) is 25.8 Å². The lowest BCUT2D eigenvalue weighted by Crippen LogP contribution is -2.37. The summed E-state index contributed by atoms with van der Waals surface area (Å²) < 4.78 is 0. The molecule has 1 fully saturated rings. The van der Waals surface area contributed by atoms with Gasteiger partial charge in [0.15, 0.2) is 0 Å². The molecule has 0 aliphatic carbocycles. The van der Waals surface area contributed by atoms with Crippen LogP contribution in [0.25, 0.3) is 0 Å². The molecule has 1 aromatic heterocycles. The van der Waals surface area contributed by atoms with Crippen LogP contribution in [0, 0.1) is 5.92 Å². The maximum absolute atomic E-state index is 3.49. The van der Waals surface area contributed by atoms with Gasteiger partial charge >= 0.3 is 0 Å². The summed E-state index contributed by atoms with van der Waals surface area (Å²) in [4.78, 5) is 2.49. The minimum Gasteiger partial charge on any atom is -0.316 e. The van der Waals surface area contributed by atoms with Crippen LogP contribution in [0.2, 0.25) is 0 Å². The van der Waals surface area contributed by atoms with Crippen molar-refractivity contribution in [2.75, 3.05) is 26.7 Å². The van der Waals surface area contributed by atoms with Gasteiger partial charge in [0.05, 0.1) is 0 Å². The predicted octanol–water partition coefficient (Wildman–Crippen LogP) is 2.74. The van der Waals surface area contributed by atoms with Crippen LogP contribution < -0.4 is 5.32 Å². The molecule has 16 heavy (non-hydrogen) atoms. The van der Waals surface area contributed by atoms with Gasteiger partial charge in [-0.05, 0) is 68.2 Å². The predicted molar refractivity (Wildman–Crippen MR) is 71.0 cm³/mol. The molecule has 2 heterocycles. The van der Waals surface area contributed by atoms with E-state index < -0.39 is 0 Å². The first-order valence-electron chi connectivity index (χ1n) is 6.20. The van der Waals surface area contributed by atoms with Gasteiger partial charge in [-0.25, -0.2) is 0 Å². The second-order valence-electron chi connectivity index (χ2n) is 4.88. The van der Waals surface area contributed by atoms with Crippen LogP contribution in [0.15, 0.2) is 16.8 Å². The van der Waals surface area contributed by atoms with Crippen molar-refractivity contribution in [2.24, 2.45) is 5.92 Å². The van der Waals surface area contributed by atoms with E-state index in [9.17, 15) is 0 Å². The number of nitrogens with zero attached hydrogens (tertiary/aromatic N) is 1. The van der Waals surface area contributed by atoms with Gasteiger partial charge in [-0.2, -0.15) is 11.3 Å². The minimum atomic E-state index is 0.549. The summed E-state index contributed by atoms with van der Waals surface area (Å²) in [5.41, 5.74) is 1.45. The number of nitrogens with one attached hydrogen (secondary N) is 1. The number of hydrogen-bond donors (Lipinski definition) is 1. The zero-order chi connectivity index (χ0) is 11.4. The number of thiophene rings is 1. The second-order valence-corrected chi connectivity index (χ2v) is 5.66. The summed E-state index contributed by atoms with van der Waals surface area (Å²) >= 11 is 1.79. The van der Waals surface area contributed by atoms with Crippen molar-refractivity contribution in [3.8, 4) is 0 Å². The highest BCUT2D eigenvalue weighted by Gasteiger charge is 2.18. The van der Waals surface area contributed by atoms with Crippen LogP contribution in [0.3, 0.4) is 0 Å². The molecule has 2 rings (SSSR count).